The molecule has 0 aliphatic carbocycles. The molecule has 8 aromatic heterocycles. The number of Topliss-reactive ketones (excluding diaryl/α,β-unsaturated/α-hetero) is 4. The van der Waals surface area contributed by atoms with Gasteiger partial charge in [0.2, 0.25) is 23.6 Å². The first-order valence-corrected chi connectivity index (χ1v) is 49.2. The fraction of sp³-hybridized carbons (Fsp3) is 0.481. The number of likely N-dealkylation sites (tertiary alicyclic amines) is 4. The van der Waals surface area contributed by atoms with Gasteiger partial charge in [0.1, 0.15) is 40.8 Å². The van der Waals surface area contributed by atoms with Gasteiger partial charge in [0, 0.05) is 119 Å². The molecule has 0 bridgehead atoms. The average Bonchev–Trinajstić information content (AvgIpc) is 1.62. The number of aromatic nitrogens is 8. The van der Waals surface area contributed by atoms with Crippen molar-refractivity contribution in [3.05, 3.63) is 237 Å². The monoisotopic (exact) mass is 1930 g/mol. The van der Waals surface area contributed by atoms with Crippen LogP contribution in [0.2, 0.25) is 0 Å². The second kappa shape index (κ2) is 45.8. The zero-order valence-corrected chi connectivity index (χ0v) is 84.4. The Kier molecular flexibility index (Phi) is 34.2. The molecule has 4 saturated heterocycles. The van der Waals surface area contributed by atoms with Gasteiger partial charge in [-0.1, -0.05) is 201 Å². The number of hydrogen-bond acceptors (Lipinski definition) is 28. The third kappa shape index (κ3) is 24.9. The van der Waals surface area contributed by atoms with Crippen molar-refractivity contribution in [2.45, 2.75) is 292 Å². The number of aryl methyl sites for hydroxylation is 8. The van der Waals surface area contributed by atoms with E-state index >= 15 is 0 Å². The number of amides is 4. The Hall–Kier alpha value is -12.6. The number of thiazole rings is 1. The van der Waals surface area contributed by atoms with E-state index in [1.807, 2.05) is 203 Å². The molecule has 12 aromatic rings. The SMILES string of the molecule is CC[C@@H](C(=O)N1C[C@H](O)C[C@H]1C(=O)C[C@@H](C)c1ccc(-c2ocnc2C)cc1)c1cc(C)no1.Cc1cc([C@H](C(=O)N2C[C@H](O)C[C@H]2C(=O)C[C@@H](C)c2ccc(-c3ocnc3C)cc2)C(C)(C)C)on1.Cc1cc([C@H](C(=O)N2C[C@H](O)C[C@H]2C(=O)C[C@@H](C)c2ccc(-c3ocnc3C)cc2)C(C)C)on1.Cc1cc([C@H](C(=O)N2C[C@H](O)C[C@H]2C(=O)C[C@@H](C)c2ccc(-c3scnc3C)cc2)C(C)C)on1. The van der Waals surface area contributed by atoms with Crippen molar-refractivity contribution in [3.63, 3.8) is 0 Å². The summed E-state index contributed by atoms with van der Waals surface area (Å²) in [5, 5.41) is 57.2. The maximum Gasteiger partial charge on any atom is 0.234 e. The number of carbonyl (C=O) groups is 8. The fourth-order valence-electron chi connectivity index (χ4n) is 19.6. The minimum Gasteiger partial charge on any atom is -0.443 e. The maximum absolute atomic E-state index is 13.8. The lowest BCUT2D eigenvalue weighted by molar-refractivity contribution is -0.141. The van der Waals surface area contributed by atoms with E-state index in [0.717, 1.165) is 89.4 Å². The quantitative estimate of drug-likeness (QED) is 0.0313. The van der Waals surface area contributed by atoms with Crippen LogP contribution in [0.5, 0.6) is 0 Å². The fourth-order valence-corrected chi connectivity index (χ4v) is 20.4. The molecular formula is C108H132N12O19S. The number of nitrogens with zero attached hydrogens (tertiary/aromatic N) is 12. The van der Waals surface area contributed by atoms with Crippen molar-refractivity contribution in [1.82, 2.24) is 60.2 Å². The van der Waals surface area contributed by atoms with Gasteiger partial charge in [0.25, 0.3) is 0 Å². The summed E-state index contributed by atoms with van der Waals surface area (Å²) in [6, 6.07) is 36.4. The molecule has 4 aliphatic rings. The predicted molar refractivity (Wildman–Crippen MR) is 524 cm³/mol. The second-order valence-corrected chi connectivity index (χ2v) is 41.0. The molecule has 4 amide bonds. The lowest BCUT2D eigenvalue weighted by Gasteiger charge is -2.33. The zero-order chi connectivity index (χ0) is 101. The van der Waals surface area contributed by atoms with Gasteiger partial charge in [0.05, 0.1) is 110 Å². The zero-order valence-electron chi connectivity index (χ0n) is 83.6. The molecule has 4 aromatic carbocycles. The van der Waals surface area contributed by atoms with E-state index in [-0.39, 0.29) is 153 Å². The lowest BCUT2D eigenvalue weighted by atomic mass is 9.78. The highest BCUT2D eigenvalue weighted by atomic mass is 32.1. The molecule has 16 atom stereocenters. The molecule has 0 unspecified atom stereocenters. The first-order valence-electron chi connectivity index (χ1n) is 48.3. The maximum atomic E-state index is 13.8. The van der Waals surface area contributed by atoms with Crippen molar-refractivity contribution in [3.8, 4) is 44.4 Å². The van der Waals surface area contributed by atoms with Gasteiger partial charge < -0.3 is 71.4 Å². The van der Waals surface area contributed by atoms with Crippen LogP contribution in [-0.4, -0.2) is 202 Å². The molecule has 12 heterocycles. The van der Waals surface area contributed by atoms with Crippen LogP contribution in [0.25, 0.3) is 44.4 Å². The molecule has 4 fully saturated rings. The first kappa shape index (κ1) is 105. The number of benzene rings is 4. The van der Waals surface area contributed by atoms with Gasteiger partial charge in [0.15, 0.2) is 59.6 Å². The Morgan fingerprint density at radius 1 is 0.371 bits per heavy atom. The number of ketones is 4. The number of aliphatic hydroxyl groups is 4. The molecule has 0 saturated carbocycles. The van der Waals surface area contributed by atoms with Crippen LogP contribution in [0.15, 0.2) is 177 Å². The normalized spacial score (nSPS) is 19.8. The highest BCUT2D eigenvalue weighted by molar-refractivity contribution is 7.13. The van der Waals surface area contributed by atoms with Crippen molar-refractivity contribution < 1.29 is 90.1 Å². The topological polar surface area (TPSA) is 426 Å². The summed E-state index contributed by atoms with van der Waals surface area (Å²) in [6.45, 7) is 39.1. The molecule has 0 spiro atoms. The molecule has 744 valence electrons. The van der Waals surface area contributed by atoms with Gasteiger partial charge in [-0.2, -0.15) is 0 Å². The molecule has 32 heteroatoms. The van der Waals surface area contributed by atoms with Crippen molar-refractivity contribution in [2.24, 2.45) is 17.3 Å². The summed E-state index contributed by atoms with van der Waals surface area (Å²) in [6.07, 6.45) is 4.05. The van der Waals surface area contributed by atoms with Crippen LogP contribution in [0.1, 0.15) is 279 Å². The van der Waals surface area contributed by atoms with Crippen LogP contribution in [0, 0.1) is 72.6 Å². The number of rotatable bonds is 31. The van der Waals surface area contributed by atoms with Crippen LogP contribution in [0.4, 0.5) is 0 Å². The van der Waals surface area contributed by atoms with E-state index in [9.17, 15) is 58.8 Å². The smallest absolute Gasteiger partial charge is 0.234 e. The minimum atomic E-state index is -0.736. The Labute approximate surface area is 820 Å². The number of aliphatic hydroxyl groups excluding tert-OH is 4. The van der Waals surface area contributed by atoms with E-state index in [2.05, 4.69) is 64.8 Å². The standard InChI is InChI=1S/C28H35N3O5.C27H33N3O5.C27H33N3O4S.C26H31N3O5/c1-16(19-7-9-20(10-8-19)26-18(3)29-15-35-26)11-23(33)22-13-21(32)14-31(22)27(34)25(28(4,5)6)24-12-17(2)30-36-24;1-15(2)25(24-11-17(4)29-35-24)27(33)30-13-21(31)12-22(30)23(32)10-16(3)19-6-8-20(9-7-19)26-18(5)28-14-34-26;1-15(2)25(24-11-17(4)29-34-24)27(33)30-13-21(31)12-22(30)23(32)10-16(3)19-6-8-20(9-7-19)26-18(5)28-14-35-26;1-5-21(24-11-16(3)28-34-24)26(32)29-13-20(30)12-22(29)23(31)10-15(2)18-6-8-19(9-7-18)25-17(4)27-14-33-25/h7-10,12,15-16,21-22,25,32H,11,13-14H2,1-6H3;2*6-9,11,14-16,21-22,25,31H,10,12-13H2,1-5H3;6-9,11,14-15,20-22,30H,5,10,12-13H2,1-4H3/t3*16-,21-,22+,25-;15-,20-,21-,22+/m1111/s1. The molecule has 4 aliphatic heterocycles. The van der Waals surface area contributed by atoms with Gasteiger partial charge in [-0.05, 0) is 131 Å². The molecule has 16 rings (SSSR count). The van der Waals surface area contributed by atoms with Crippen molar-refractivity contribution in [1.29, 1.82) is 0 Å². The van der Waals surface area contributed by atoms with Crippen molar-refractivity contribution >= 4 is 58.1 Å². The van der Waals surface area contributed by atoms with E-state index in [1.165, 1.54) is 29.0 Å². The van der Waals surface area contributed by atoms with Crippen LogP contribution >= 0.6 is 11.3 Å². The Balaban J connectivity index is 0.000000157. The molecular weight excluding hydrogens is 1800 g/mol. The highest BCUT2D eigenvalue weighted by Crippen LogP contribution is 2.43. The van der Waals surface area contributed by atoms with Gasteiger partial charge in [-0.15, -0.1) is 11.3 Å². The van der Waals surface area contributed by atoms with Crippen LogP contribution in [-0.2, 0) is 38.4 Å². The van der Waals surface area contributed by atoms with Gasteiger partial charge in [-0.25, -0.2) is 19.9 Å². The predicted octanol–water partition coefficient (Wildman–Crippen LogP) is 18.3. The van der Waals surface area contributed by atoms with Gasteiger partial charge in [-0.3, -0.25) is 38.4 Å². The lowest BCUT2D eigenvalue weighted by Crippen LogP contribution is -2.46. The Bertz CT molecular complexity index is 6040. The summed E-state index contributed by atoms with van der Waals surface area (Å²) in [4.78, 5) is 132. The average molecular weight is 1930 g/mol. The Morgan fingerprint density at radius 2 is 0.650 bits per heavy atom. The molecule has 0 radical (unpaired) electrons. The third-order valence-corrected chi connectivity index (χ3v) is 28.2. The van der Waals surface area contributed by atoms with E-state index in [4.69, 9.17) is 31.3 Å². The Morgan fingerprint density at radius 3 is 0.900 bits per heavy atom. The molecule has 140 heavy (non-hydrogen) atoms. The first-order chi connectivity index (χ1) is 66.5. The summed E-state index contributed by atoms with van der Waals surface area (Å²) >= 11 is 1.61. The van der Waals surface area contributed by atoms with E-state index in [1.54, 1.807) is 59.2 Å². The molecule has 4 N–H and O–H groups in total. The second-order valence-electron chi connectivity index (χ2n) is 40.1. The van der Waals surface area contributed by atoms with E-state index < -0.39 is 77.7 Å². The van der Waals surface area contributed by atoms with Crippen LogP contribution < -0.4 is 0 Å². The van der Waals surface area contributed by atoms with E-state index in [0.29, 0.717) is 58.7 Å². The number of β-amino-alcohol motifs (C(OH)–C–C–N with tert-alkyl or cyclic N) is 4. The summed E-state index contributed by atoms with van der Waals surface area (Å²) in [5.74, 6) is 0.730. The van der Waals surface area contributed by atoms with Gasteiger partial charge >= 0.3 is 0 Å². The minimum absolute atomic E-state index is 0.00776. The number of hydrogen-bond donors (Lipinski definition) is 4. The number of carbonyl (C=O) groups excluding carboxylic acids is 8. The summed E-state index contributed by atoms with van der Waals surface area (Å²) in [7, 11) is 0. The summed E-state index contributed by atoms with van der Waals surface area (Å²) < 4.78 is 38.0. The largest absolute Gasteiger partial charge is 0.443 e. The van der Waals surface area contributed by atoms with Crippen molar-refractivity contribution in [2.75, 3.05) is 26.2 Å². The third-order valence-electron chi connectivity index (χ3n) is 27.2. The summed E-state index contributed by atoms with van der Waals surface area (Å²) in [5.41, 5.74) is 15.7. The van der Waals surface area contributed by atoms with Crippen LogP contribution in [0.3, 0.4) is 0 Å². The number of oxazole rings is 3. The highest BCUT2D eigenvalue weighted by Gasteiger charge is 2.49. The molecule has 31 nitrogen and oxygen atoms in total.